The molecule has 3 rings (SSSR count). The van der Waals surface area contributed by atoms with E-state index in [1.807, 2.05) is 0 Å². The maximum atomic E-state index is 12.2. The third kappa shape index (κ3) is 4.84. The number of phenols is 1. The van der Waals surface area contributed by atoms with E-state index in [9.17, 15) is 14.7 Å². The average molecular weight is 410 g/mol. The lowest BCUT2D eigenvalue weighted by molar-refractivity contribution is 0.0696. The minimum absolute atomic E-state index is 0.0157. The first-order valence-corrected chi connectivity index (χ1v) is 9.41. The number of carboxylic acids is 1. The predicted octanol–water partition coefficient (Wildman–Crippen LogP) is 3.46. The second kappa shape index (κ2) is 9.23. The topological polar surface area (TPSA) is 102 Å². The van der Waals surface area contributed by atoms with Gasteiger partial charge in [-0.2, -0.15) is 0 Å². The van der Waals surface area contributed by atoms with Gasteiger partial charge in [0.2, 0.25) is 0 Å². The first-order chi connectivity index (χ1) is 14.4. The van der Waals surface area contributed by atoms with Crippen LogP contribution in [0.2, 0.25) is 0 Å². The molecule has 0 saturated heterocycles. The van der Waals surface area contributed by atoms with Crippen LogP contribution in [0.4, 0.5) is 0 Å². The number of rotatable bonds is 8. The van der Waals surface area contributed by atoms with Crippen LogP contribution < -0.4 is 14.2 Å². The Hall–Kier alpha value is -3.66. The largest absolute Gasteiger partial charge is 0.507 e. The molecule has 1 fully saturated rings. The van der Waals surface area contributed by atoms with Crippen molar-refractivity contribution in [3.63, 3.8) is 0 Å². The number of carbonyl (C=O) groups is 2. The Labute approximate surface area is 174 Å². The van der Waals surface area contributed by atoms with E-state index < -0.39 is 5.97 Å². The summed E-state index contributed by atoms with van der Waals surface area (Å²) in [5.41, 5.74) is 0.912. The molecule has 2 aromatic carbocycles. The number of aromatic carboxylic acids is 1. The monoisotopic (exact) mass is 410 g/mol. The lowest BCUT2D eigenvalue weighted by Gasteiger charge is -2.11. The van der Waals surface area contributed by atoms with Crippen molar-refractivity contribution in [1.82, 2.24) is 0 Å². The number of ether oxygens (including phenoxy) is 3. The molecule has 1 aliphatic carbocycles. The summed E-state index contributed by atoms with van der Waals surface area (Å²) >= 11 is 0. The highest BCUT2D eigenvalue weighted by Gasteiger charge is 2.32. The Balaban J connectivity index is 1.56. The van der Waals surface area contributed by atoms with Gasteiger partial charge in [-0.3, -0.25) is 4.79 Å². The fourth-order valence-electron chi connectivity index (χ4n) is 2.85. The van der Waals surface area contributed by atoms with Crippen molar-refractivity contribution in [2.75, 3.05) is 20.3 Å². The number of benzene rings is 2. The molecule has 0 heterocycles. The molecule has 0 bridgehead atoms. The Kier molecular flexibility index (Phi) is 6.48. The molecular formula is C23H22O7. The fraction of sp³-hybridized carbons (Fsp3) is 0.304. The van der Waals surface area contributed by atoms with Crippen LogP contribution in [0.15, 0.2) is 30.3 Å². The number of phenolic OH excluding ortho intramolecular Hbond substituents is 1. The third-order valence-corrected chi connectivity index (χ3v) is 4.73. The van der Waals surface area contributed by atoms with Gasteiger partial charge in [0.05, 0.1) is 18.2 Å². The van der Waals surface area contributed by atoms with Gasteiger partial charge >= 0.3 is 5.97 Å². The highest BCUT2D eigenvalue weighted by Crippen LogP contribution is 2.38. The minimum Gasteiger partial charge on any atom is -0.507 e. The van der Waals surface area contributed by atoms with Gasteiger partial charge in [-0.05, 0) is 50.1 Å². The molecule has 0 aromatic heterocycles. The lowest BCUT2D eigenvalue weighted by atomic mass is 10.0. The molecule has 2 N–H and O–H groups in total. The first kappa shape index (κ1) is 21.1. The van der Waals surface area contributed by atoms with E-state index in [0.29, 0.717) is 22.6 Å². The van der Waals surface area contributed by atoms with Crippen molar-refractivity contribution in [2.24, 2.45) is 5.92 Å². The van der Waals surface area contributed by atoms with E-state index in [0.717, 1.165) is 12.8 Å². The fourth-order valence-corrected chi connectivity index (χ4v) is 2.85. The number of Topliss-reactive ketones (excluding diaryl/α,β-unsaturated/α-hetero) is 1. The van der Waals surface area contributed by atoms with E-state index in [1.165, 1.54) is 25.3 Å². The lowest BCUT2D eigenvalue weighted by Crippen LogP contribution is -2.04. The number of carbonyl (C=O) groups excluding carboxylic acids is 1. The molecule has 0 amide bonds. The Bertz CT molecular complexity index is 1030. The van der Waals surface area contributed by atoms with Crippen molar-refractivity contribution in [2.45, 2.75) is 19.8 Å². The Morgan fingerprint density at radius 2 is 1.67 bits per heavy atom. The van der Waals surface area contributed by atoms with Crippen LogP contribution in [0, 0.1) is 24.7 Å². The first-order valence-electron chi connectivity index (χ1n) is 9.41. The third-order valence-electron chi connectivity index (χ3n) is 4.73. The molecule has 0 unspecified atom stereocenters. The summed E-state index contributed by atoms with van der Waals surface area (Å²) < 4.78 is 16.2. The van der Waals surface area contributed by atoms with Crippen LogP contribution in [0.5, 0.6) is 23.0 Å². The summed E-state index contributed by atoms with van der Waals surface area (Å²) in [5.74, 6) is 5.59. The highest BCUT2D eigenvalue weighted by molar-refractivity contribution is 6.02. The Morgan fingerprint density at radius 3 is 2.27 bits per heavy atom. The zero-order valence-electron chi connectivity index (χ0n) is 16.7. The van der Waals surface area contributed by atoms with Crippen LogP contribution in [0.3, 0.4) is 0 Å². The molecule has 7 heteroatoms. The molecule has 0 spiro atoms. The Morgan fingerprint density at radius 1 is 1.03 bits per heavy atom. The SMILES string of the molecule is COc1ccc(C(=O)O)cc1OCC#CCOc1ccc(C(=O)C2CC2)c(O)c1C. The van der Waals surface area contributed by atoms with Crippen molar-refractivity contribution in [3.8, 4) is 34.8 Å². The van der Waals surface area contributed by atoms with Crippen molar-refractivity contribution in [3.05, 3.63) is 47.0 Å². The van der Waals surface area contributed by atoms with Gasteiger partial charge in [0, 0.05) is 11.5 Å². The van der Waals surface area contributed by atoms with Crippen molar-refractivity contribution < 1.29 is 34.0 Å². The van der Waals surface area contributed by atoms with Crippen LogP contribution in [0.25, 0.3) is 0 Å². The van der Waals surface area contributed by atoms with Crippen LogP contribution >= 0.6 is 0 Å². The second-order valence-corrected chi connectivity index (χ2v) is 6.83. The number of hydrogen-bond acceptors (Lipinski definition) is 6. The summed E-state index contributed by atoms with van der Waals surface area (Å²) in [4.78, 5) is 23.2. The predicted molar refractivity (Wildman–Crippen MR) is 109 cm³/mol. The molecule has 7 nitrogen and oxygen atoms in total. The van der Waals surface area contributed by atoms with Gasteiger partial charge in [-0.1, -0.05) is 11.8 Å². The van der Waals surface area contributed by atoms with Gasteiger partial charge in [0.1, 0.15) is 24.7 Å². The van der Waals surface area contributed by atoms with E-state index in [4.69, 9.17) is 19.3 Å². The van der Waals surface area contributed by atoms with Crippen molar-refractivity contribution >= 4 is 11.8 Å². The van der Waals surface area contributed by atoms with Crippen LogP contribution in [-0.2, 0) is 0 Å². The summed E-state index contributed by atoms with van der Waals surface area (Å²) in [6, 6.07) is 7.55. The number of methoxy groups -OCH3 is 1. The molecule has 0 atom stereocenters. The molecule has 156 valence electrons. The quantitative estimate of drug-likeness (QED) is 0.507. The van der Waals surface area contributed by atoms with Gasteiger partial charge < -0.3 is 24.4 Å². The van der Waals surface area contributed by atoms with E-state index >= 15 is 0 Å². The van der Waals surface area contributed by atoms with Gasteiger partial charge in [-0.15, -0.1) is 0 Å². The van der Waals surface area contributed by atoms with Crippen LogP contribution in [0.1, 0.15) is 39.1 Å². The van der Waals surface area contributed by atoms with Crippen LogP contribution in [-0.4, -0.2) is 42.3 Å². The smallest absolute Gasteiger partial charge is 0.335 e. The van der Waals surface area contributed by atoms with E-state index in [-0.39, 0.29) is 42.0 Å². The zero-order chi connectivity index (χ0) is 21.7. The molecule has 0 aliphatic heterocycles. The van der Waals surface area contributed by atoms with Gasteiger partial charge in [0.25, 0.3) is 0 Å². The number of hydrogen-bond donors (Lipinski definition) is 2. The van der Waals surface area contributed by atoms with E-state index in [2.05, 4.69) is 11.8 Å². The van der Waals surface area contributed by atoms with E-state index in [1.54, 1.807) is 19.1 Å². The highest BCUT2D eigenvalue weighted by atomic mass is 16.5. The molecule has 1 saturated carbocycles. The molecule has 2 aromatic rings. The maximum absolute atomic E-state index is 12.2. The number of ketones is 1. The summed E-state index contributed by atoms with van der Waals surface area (Å²) in [5, 5.41) is 19.4. The zero-order valence-corrected chi connectivity index (χ0v) is 16.7. The normalized spacial score (nSPS) is 12.5. The van der Waals surface area contributed by atoms with Gasteiger partial charge in [-0.25, -0.2) is 4.79 Å². The minimum atomic E-state index is -1.06. The molecular weight excluding hydrogens is 388 g/mol. The van der Waals surface area contributed by atoms with Crippen molar-refractivity contribution in [1.29, 1.82) is 0 Å². The second-order valence-electron chi connectivity index (χ2n) is 6.83. The molecule has 0 radical (unpaired) electrons. The number of aromatic hydroxyl groups is 1. The number of carboxylic acid groups (broad SMARTS) is 1. The molecule has 1 aliphatic rings. The maximum Gasteiger partial charge on any atom is 0.335 e. The standard InChI is InChI=1S/C23H22O7/c1-14-18(10-8-17(21(14)24)22(25)15-5-6-15)29-11-3-4-12-30-20-13-16(23(26)27)7-9-19(20)28-2/h7-10,13,15,24H,5-6,11-12H2,1-2H3,(H,26,27). The summed E-state index contributed by atoms with van der Waals surface area (Å²) in [6.07, 6.45) is 1.75. The summed E-state index contributed by atoms with van der Waals surface area (Å²) in [6.45, 7) is 1.76. The molecule has 30 heavy (non-hydrogen) atoms. The average Bonchev–Trinajstić information content (AvgIpc) is 3.58. The summed E-state index contributed by atoms with van der Waals surface area (Å²) in [7, 11) is 1.46. The van der Waals surface area contributed by atoms with Gasteiger partial charge in [0.15, 0.2) is 17.3 Å².